The number of rotatable bonds is 6. The predicted molar refractivity (Wildman–Crippen MR) is 89.6 cm³/mol. The van der Waals surface area contributed by atoms with Crippen LogP contribution in [-0.2, 0) is 12.3 Å². The number of hydrogen-bond donors (Lipinski definition) is 1. The van der Waals surface area contributed by atoms with Crippen molar-refractivity contribution >= 4 is 33.4 Å². The van der Waals surface area contributed by atoms with Crippen molar-refractivity contribution in [2.45, 2.75) is 17.2 Å². The summed E-state index contributed by atoms with van der Waals surface area (Å²) >= 11 is 4.86. The van der Waals surface area contributed by atoms with E-state index in [9.17, 15) is 10.1 Å². The highest BCUT2D eigenvalue weighted by molar-refractivity contribution is 9.10. The highest BCUT2D eigenvalue weighted by Crippen LogP contribution is 2.30. The van der Waals surface area contributed by atoms with Gasteiger partial charge in [-0.2, -0.15) is 0 Å². The van der Waals surface area contributed by atoms with E-state index < -0.39 is 0 Å². The summed E-state index contributed by atoms with van der Waals surface area (Å²) in [5.74, 6) is 0.578. The number of nitro benzene ring substituents is 1. The number of nitro groups is 1. The van der Waals surface area contributed by atoms with Gasteiger partial charge in [0.1, 0.15) is 0 Å². The number of nitrogens with zero attached hydrogens (tertiary/aromatic N) is 1. The molecule has 0 aromatic heterocycles. The van der Waals surface area contributed by atoms with E-state index in [1.165, 1.54) is 5.56 Å². The molecule has 0 radical (unpaired) electrons. The zero-order valence-corrected chi connectivity index (χ0v) is 13.9. The minimum absolute atomic E-state index is 0.156. The molecule has 21 heavy (non-hydrogen) atoms. The van der Waals surface area contributed by atoms with Crippen molar-refractivity contribution in [3.63, 3.8) is 0 Å². The lowest BCUT2D eigenvalue weighted by Crippen LogP contribution is -2.04. The van der Waals surface area contributed by atoms with Crippen LogP contribution in [0.25, 0.3) is 0 Å². The van der Waals surface area contributed by atoms with Gasteiger partial charge in [0.15, 0.2) is 0 Å². The van der Waals surface area contributed by atoms with Crippen LogP contribution < -0.4 is 5.32 Å². The zero-order chi connectivity index (χ0) is 15.2. The fraction of sp³-hybridized carbons (Fsp3) is 0.200. The van der Waals surface area contributed by atoms with E-state index in [1.54, 1.807) is 23.9 Å². The van der Waals surface area contributed by atoms with Crippen molar-refractivity contribution < 1.29 is 4.92 Å². The number of nitrogens with one attached hydrogen (secondary N) is 1. The molecule has 2 aromatic carbocycles. The van der Waals surface area contributed by atoms with E-state index in [-0.39, 0.29) is 10.6 Å². The summed E-state index contributed by atoms with van der Waals surface area (Å²) in [6, 6.07) is 13.4. The summed E-state index contributed by atoms with van der Waals surface area (Å²) in [7, 11) is 1.91. The van der Waals surface area contributed by atoms with Gasteiger partial charge in [-0.25, -0.2) is 0 Å². The molecule has 2 aromatic rings. The van der Waals surface area contributed by atoms with Crippen LogP contribution in [-0.4, -0.2) is 12.0 Å². The molecule has 0 aliphatic rings. The van der Waals surface area contributed by atoms with Crippen molar-refractivity contribution in [1.82, 2.24) is 5.32 Å². The lowest BCUT2D eigenvalue weighted by molar-refractivity contribution is -0.385. The van der Waals surface area contributed by atoms with Gasteiger partial charge in [-0.15, -0.1) is 11.8 Å². The summed E-state index contributed by atoms with van der Waals surface area (Å²) in [4.78, 5) is 11.8. The molecule has 0 atom stereocenters. The average Bonchev–Trinajstić information content (AvgIpc) is 2.47. The average molecular weight is 367 g/mol. The molecule has 6 heteroatoms. The fourth-order valence-electron chi connectivity index (χ4n) is 1.90. The van der Waals surface area contributed by atoms with Crippen LogP contribution in [0.3, 0.4) is 0 Å². The molecule has 0 saturated heterocycles. The molecule has 2 rings (SSSR count). The minimum atomic E-state index is -0.337. The highest BCUT2D eigenvalue weighted by Gasteiger charge is 2.14. The smallest absolute Gasteiger partial charge is 0.274 e. The van der Waals surface area contributed by atoms with Crippen LogP contribution >= 0.6 is 27.7 Å². The van der Waals surface area contributed by atoms with Crippen molar-refractivity contribution in [2.75, 3.05) is 7.05 Å². The monoisotopic (exact) mass is 366 g/mol. The Morgan fingerprint density at radius 1 is 1.24 bits per heavy atom. The van der Waals surface area contributed by atoms with Crippen LogP contribution in [0.15, 0.2) is 51.8 Å². The molecule has 1 N–H and O–H groups in total. The molecule has 0 fully saturated rings. The Bertz CT molecular complexity index is 632. The van der Waals surface area contributed by atoms with Gasteiger partial charge >= 0.3 is 0 Å². The second-order valence-corrected chi connectivity index (χ2v) is 6.46. The summed E-state index contributed by atoms with van der Waals surface area (Å²) in [5.41, 5.74) is 2.10. The van der Waals surface area contributed by atoms with Gasteiger partial charge in [0.05, 0.1) is 4.92 Å². The molecule has 110 valence electrons. The summed E-state index contributed by atoms with van der Waals surface area (Å²) in [6.45, 7) is 0.836. The first kappa shape index (κ1) is 16.0. The maximum absolute atomic E-state index is 11.1. The van der Waals surface area contributed by atoms with Crippen LogP contribution in [0, 0.1) is 10.1 Å². The number of halogens is 1. The fourth-order valence-corrected chi connectivity index (χ4v) is 3.14. The molecule has 4 nitrogen and oxygen atoms in total. The van der Waals surface area contributed by atoms with Gasteiger partial charge in [-0.1, -0.05) is 34.1 Å². The van der Waals surface area contributed by atoms with Crippen molar-refractivity contribution in [3.8, 4) is 0 Å². The summed E-state index contributed by atoms with van der Waals surface area (Å²) in [5, 5.41) is 14.2. The third-order valence-corrected chi connectivity index (χ3v) is 4.50. The predicted octanol–water partition coefficient (Wildman–Crippen LogP) is 4.37. The van der Waals surface area contributed by atoms with E-state index in [2.05, 4.69) is 33.4 Å². The van der Waals surface area contributed by atoms with Crippen LogP contribution in [0.2, 0.25) is 0 Å². The largest absolute Gasteiger partial charge is 0.316 e. The van der Waals surface area contributed by atoms with Gasteiger partial charge in [0.2, 0.25) is 0 Å². The first-order valence-electron chi connectivity index (χ1n) is 6.39. The van der Waals surface area contributed by atoms with Crippen LogP contribution in [0.4, 0.5) is 5.69 Å². The Morgan fingerprint density at radius 3 is 2.57 bits per heavy atom. The van der Waals surface area contributed by atoms with Crippen molar-refractivity contribution in [1.29, 1.82) is 0 Å². The number of hydrogen-bond acceptors (Lipinski definition) is 4. The van der Waals surface area contributed by atoms with E-state index in [1.807, 2.05) is 25.2 Å². The quantitative estimate of drug-likeness (QED) is 0.468. The highest BCUT2D eigenvalue weighted by atomic mass is 79.9. The second kappa shape index (κ2) is 7.59. The standard InChI is InChI=1S/C15H15BrN2O2S/c1-17-9-11-2-6-14(7-3-11)21-10-12-4-5-13(16)8-15(12)18(19)20/h2-8,17H,9-10H2,1H3. The number of thioether (sulfide) groups is 1. The third kappa shape index (κ3) is 4.56. The Hall–Kier alpha value is -1.37. The first-order chi connectivity index (χ1) is 10.1. The van der Waals surface area contributed by atoms with Crippen LogP contribution in [0.1, 0.15) is 11.1 Å². The Balaban J connectivity index is 2.07. The molecule has 0 unspecified atom stereocenters. The molecular formula is C15H15BrN2O2S. The molecule has 0 amide bonds. The Labute approximate surface area is 136 Å². The van der Waals surface area contributed by atoms with E-state index >= 15 is 0 Å². The molecule has 0 saturated carbocycles. The maximum atomic E-state index is 11.1. The minimum Gasteiger partial charge on any atom is -0.316 e. The lowest BCUT2D eigenvalue weighted by atomic mass is 10.2. The van der Waals surface area contributed by atoms with Gasteiger partial charge in [-0.05, 0) is 30.8 Å². The molecular weight excluding hydrogens is 352 g/mol. The van der Waals surface area contributed by atoms with E-state index in [0.717, 1.165) is 21.5 Å². The van der Waals surface area contributed by atoms with Gasteiger partial charge in [-0.3, -0.25) is 10.1 Å². The molecule has 0 aliphatic carbocycles. The van der Waals surface area contributed by atoms with E-state index in [4.69, 9.17) is 0 Å². The molecule has 0 aliphatic heterocycles. The molecule has 0 spiro atoms. The second-order valence-electron chi connectivity index (χ2n) is 4.49. The van der Waals surface area contributed by atoms with Crippen molar-refractivity contribution in [3.05, 3.63) is 68.2 Å². The topological polar surface area (TPSA) is 55.2 Å². The number of benzene rings is 2. The van der Waals surface area contributed by atoms with Crippen molar-refractivity contribution in [2.24, 2.45) is 0 Å². The zero-order valence-electron chi connectivity index (χ0n) is 11.5. The van der Waals surface area contributed by atoms with Gasteiger partial charge in [0, 0.05) is 33.3 Å². The SMILES string of the molecule is CNCc1ccc(SCc2ccc(Br)cc2[N+](=O)[O-])cc1. The first-order valence-corrected chi connectivity index (χ1v) is 8.17. The normalized spacial score (nSPS) is 10.6. The Kier molecular flexibility index (Phi) is 5.78. The van der Waals surface area contributed by atoms with Gasteiger partial charge in [0.25, 0.3) is 5.69 Å². The maximum Gasteiger partial charge on any atom is 0.274 e. The molecule has 0 heterocycles. The van der Waals surface area contributed by atoms with Crippen LogP contribution in [0.5, 0.6) is 0 Å². The Morgan fingerprint density at radius 2 is 1.95 bits per heavy atom. The lowest BCUT2D eigenvalue weighted by Gasteiger charge is -2.05. The van der Waals surface area contributed by atoms with Gasteiger partial charge < -0.3 is 5.32 Å². The summed E-state index contributed by atoms with van der Waals surface area (Å²) in [6.07, 6.45) is 0. The molecule has 0 bridgehead atoms. The van der Waals surface area contributed by atoms with E-state index in [0.29, 0.717) is 5.75 Å². The summed E-state index contributed by atoms with van der Waals surface area (Å²) < 4.78 is 0.722. The third-order valence-electron chi connectivity index (χ3n) is 2.94.